The third-order valence-corrected chi connectivity index (χ3v) is 8.02. The van der Waals surface area contributed by atoms with Crippen LogP contribution >= 0.6 is 11.6 Å². The molecule has 4 heterocycles. The van der Waals surface area contributed by atoms with Gasteiger partial charge in [0.1, 0.15) is 11.2 Å². The number of benzene rings is 2. The van der Waals surface area contributed by atoms with Gasteiger partial charge in [0.2, 0.25) is 0 Å². The fourth-order valence-corrected chi connectivity index (χ4v) is 5.58. The average Bonchev–Trinajstić information content (AvgIpc) is 3.42. The Balaban J connectivity index is 1.15. The first-order valence-electron chi connectivity index (χ1n) is 13.6. The summed E-state index contributed by atoms with van der Waals surface area (Å²) in [6.45, 7) is 0.337. The Morgan fingerprint density at radius 3 is 2.64 bits per heavy atom. The number of aromatic nitrogens is 6. The number of fused-ring (bicyclic) bond motifs is 2. The van der Waals surface area contributed by atoms with E-state index >= 15 is 0 Å². The van der Waals surface area contributed by atoms with Gasteiger partial charge in [-0.15, -0.1) is 5.10 Å². The molecule has 6 aromatic rings. The van der Waals surface area contributed by atoms with Crippen LogP contribution in [0.3, 0.4) is 0 Å². The monoisotopic (exact) mass is 582 g/mol. The first-order valence-corrected chi connectivity index (χ1v) is 13.9. The van der Waals surface area contributed by atoms with E-state index in [-0.39, 0.29) is 40.4 Å². The Hall–Kier alpha value is -4.83. The highest BCUT2D eigenvalue weighted by atomic mass is 35.5. The molecule has 1 fully saturated rings. The third kappa shape index (κ3) is 4.73. The Morgan fingerprint density at radius 2 is 1.88 bits per heavy atom. The molecule has 0 amide bonds. The van der Waals surface area contributed by atoms with Gasteiger partial charge >= 0.3 is 5.97 Å². The number of Topliss-reactive ketones (excluding diaryl/α,β-unsaturated/α-hetero) is 1. The Labute approximate surface area is 243 Å². The van der Waals surface area contributed by atoms with Crippen LogP contribution in [0.25, 0.3) is 22.1 Å². The SMILES string of the molecule is O=C(O)c1ccc(-n2c(Cn3cc(C(=O)CCc4ncn5ccc(Cl)c(F)c45)nn3)cc3cc(C4CC4)ccc32)cc1. The highest BCUT2D eigenvalue weighted by Gasteiger charge is 2.24. The molecule has 4 aromatic heterocycles. The molecule has 0 atom stereocenters. The van der Waals surface area contributed by atoms with E-state index in [1.807, 2.05) is 0 Å². The van der Waals surface area contributed by atoms with Crippen LogP contribution in [0.2, 0.25) is 5.02 Å². The highest BCUT2D eigenvalue weighted by Crippen LogP contribution is 2.41. The number of carboxylic acid groups (broad SMARTS) is 1. The number of nitrogens with zero attached hydrogens (tertiary/aromatic N) is 6. The number of imidazole rings is 1. The van der Waals surface area contributed by atoms with Crippen molar-refractivity contribution in [3.63, 3.8) is 0 Å². The van der Waals surface area contributed by atoms with Crippen LogP contribution in [0.4, 0.5) is 4.39 Å². The van der Waals surface area contributed by atoms with Crippen LogP contribution in [-0.4, -0.2) is 45.8 Å². The summed E-state index contributed by atoms with van der Waals surface area (Å²) in [4.78, 5) is 28.7. The molecule has 0 bridgehead atoms. The second kappa shape index (κ2) is 10.2. The number of hydrogen-bond acceptors (Lipinski definition) is 5. The molecule has 9 nitrogen and oxygen atoms in total. The van der Waals surface area contributed by atoms with E-state index in [9.17, 15) is 19.1 Å². The number of aryl methyl sites for hydroxylation is 1. The maximum Gasteiger partial charge on any atom is 0.335 e. The Kier molecular flexibility index (Phi) is 6.35. The molecule has 0 aliphatic heterocycles. The standard InChI is InChI=1S/C31H24ClFN6O3/c32-24-11-12-37-17-34-25(30(37)29(24)33)8-10-28(40)26-16-38(36-35-26)15-23-14-21-13-20(18-1-2-18)5-9-27(21)39(23)22-6-3-19(4-7-22)31(41)42/h3-7,9,11-14,16-18H,1-2,8,10,15H2,(H,41,42). The van der Waals surface area contributed by atoms with Gasteiger partial charge in [-0.25, -0.2) is 18.9 Å². The predicted molar refractivity (Wildman–Crippen MR) is 154 cm³/mol. The zero-order chi connectivity index (χ0) is 29.0. The number of halogens is 2. The summed E-state index contributed by atoms with van der Waals surface area (Å²) in [5.74, 6) is -1.18. The maximum atomic E-state index is 14.6. The molecule has 1 aliphatic rings. The normalized spacial score (nSPS) is 13.3. The number of hydrogen-bond donors (Lipinski definition) is 1. The van der Waals surface area contributed by atoms with Crippen molar-refractivity contribution in [2.75, 3.05) is 0 Å². The van der Waals surface area contributed by atoms with Crippen molar-refractivity contribution in [3.8, 4) is 5.69 Å². The van der Waals surface area contributed by atoms with E-state index in [0.29, 0.717) is 18.2 Å². The van der Waals surface area contributed by atoms with Crippen molar-refractivity contribution in [2.45, 2.75) is 38.1 Å². The lowest BCUT2D eigenvalue weighted by molar-refractivity contribution is 0.0696. The van der Waals surface area contributed by atoms with E-state index in [1.54, 1.807) is 45.7 Å². The lowest BCUT2D eigenvalue weighted by Crippen LogP contribution is -2.07. The van der Waals surface area contributed by atoms with Crippen molar-refractivity contribution in [3.05, 3.63) is 112 Å². The number of carbonyl (C=O) groups excluding carboxylic acids is 1. The largest absolute Gasteiger partial charge is 0.478 e. The summed E-state index contributed by atoms with van der Waals surface area (Å²) in [5, 5.41) is 18.7. The summed E-state index contributed by atoms with van der Waals surface area (Å²) in [5.41, 5.74) is 5.15. The molecule has 1 saturated carbocycles. The number of ketones is 1. The molecule has 2 aromatic carbocycles. The van der Waals surface area contributed by atoms with E-state index in [4.69, 9.17) is 11.6 Å². The zero-order valence-corrected chi connectivity index (χ0v) is 23.0. The van der Waals surface area contributed by atoms with Crippen LogP contribution in [0, 0.1) is 5.82 Å². The summed E-state index contributed by atoms with van der Waals surface area (Å²) in [6.07, 6.45) is 7.43. The summed E-state index contributed by atoms with van der Waals surface area (Å²) < 4.78 is 19.8. The molecule has 7 rings (SSSR count). The van der Waals surface area contributed by atoms with Gasteiger partial charge in [0.15, 0.2) is 11.6 Å². The lowest BCUT2D eigenvalue weighted by Gasteiger charge is -2.12. The smallest absolute Gasteiger partial charge is 0.335 e. The van der Waals surface area contributed by atoms with Crippen LogP contribution in [0.5, 0.6) is 0 Å². The van der Waals surface area contributed by atoms with Gasteiger partial charge in [0.25, 0.3) is 0 Å². The average molecular weight is 583 g/mol. The van der Waals surface area contributed by atoms with E-state index in [2.05, 4.69) is 44.1 Å². The molecular weight excluding hydrogens is 559 g/mol. The van der Waals surface area contributed by atoms with Gasteiger partial charge < -0.3 is 14.1 Å². The first-order chi connectivity index (χ1) is 20.4. The fourth-order valence-electron chi connectivity index (χ4n) is 5.43. The minimum atomic E-state index is -0.983. The fraction of sp³-hybridized carbons (Fsp3) is 0.194. The van der Waals surface area contributed by atoms with Gasteiger partial charge in [-0.3, -0.25) is 4.79 Å². The molecule has 0 radical (unpaired) electrons. The third-order valence-electron chi connectivity index (χ3n) is 7.73. The number of rotatable bonds is 9. The predicted octanol–water partition coefficient (Wildman–Crippen LogP) is 6.10. The summed E-state index contributed by atoms with van der Waals surface area (Å²) >= 11 is 5.93. The van der Waals surface area contributed by atoms with Gasteiger partial charge in [0.05, 0.1) is 40.9 Å². The molecule has 1 aliphatic carbocycles. The topological polar surface area (TPSA) is 107 Å². The minimum Gasteiger partial charge on any atom is -0.478 e. The molecule has 42 heavy (non-hydrogen) atoms. The van der Waals surface area contributed by atoms with Crippen LogP contribution in [-0.2, 0) is 13.0 Å². The van der Waals surface area contributed by atoms with E-state index in [0.717, 1.165) is 22.3 Å². The molecule has 11 heteroatoms. The maximum absolute atomic E-state index is 14.6. The van der Waals surface area contributed by atoms with Crippen LogP contribution < -0.4 is 0 Å². The minimum absolute atomic E-state index is 0.00229. The lowest BCUT2D eigenvalue weighted by atomic mass is 10.1. The van der Waals surface area contributed by atoms with Crippen molar-refractivity contribution in [1.29, 1.82) is 0 Å². The molecule has 0 unspecified atom stereocenters. The molecular formula is C31H24ClFN6O3. The number of carboxylic acids is 1. The quantitative estimate of drug-likeness (QED) is 0.206. The molecule has 210 valence electrons. The van der Waals surface area contributed by atoms with Gasteiger partial charge in [-0.2, -0.15) is 0 Å². The van der Waals surface area contributed by atoms with E-state index < -0.39 is 11.8 Å². The van der Waals surface area contributed by atoms with Crippen molar-refractivity contribution in [2.24, 2.45) is 0 Å². The van der Waals surface area contributed by atoms with E-state index in [1.165, 1.54) is 30.8 Å². The first kappa shape index (κ1) is 26.1. The second-order valence-corrected chi connectivity index (χ2v) is 11.0. The highest BCUT2D eigenvalue weighted by molar-refractivity contribution is 6.31. The van der Waals surface area contributed by atoms with Crippen LogP contribution in [0.15, 0.2) is 73.3 Å². The number of pyridine rings is 1. The number of carbonyl (C=O) groups is 2. The summed E-state index contributed by atoms with van der Waals surface area (Å²) in [7, 11) is 0. The Bertz CT molecular complexity index is 2000. The Morgan fingerprint density at radius 1 is 1.07 bits per heavy atom. The van der Waals surface area contributed by atoms with Gasteiger partial charge in [-0.1, -0.05) is 22.9 Å². The van der Waals surface area contributed by atoms with Crippen LogP contribution in [0.1, 0.15) is 63.0 Å². The van der Waals surface area contributed by atoms with Gasteiger partial charge in [-0.05, 0) is 79.3 Å². The second-order valence-electron chi connectivity index (χ2n) is 10.6. The number of aromatic carboxylic acids is 1. The van der Waals surface area contributed by atoms with Crippen molar-refractivity contribution < 1.29 is 19.1 Å². The van der Waals surface area contributed by atoms with Crippen molar-refractivity contribution >= 4 is 39.8 Å². The molecule has 0 saturated heterocycles. The molecule has 1 N–H and O–H groups in total. The zero-order valence-electron chi connectivity index (χ0n) is 22.2. The van der Waals surface area contributed by atoms with Crippen molar-refractivity contribution in [1.82, 2.24) is 28.9 Å². The molecule has 0 spiro atoms. The van der Waals surface area contributed by atoms with Gasteiger partial charge in [0, 0.05) is 29.4 Å². The summed E-state index contributed by atoms with van der Waals surface area (Å²) in [6, 6.07) is 16.8.